The van der Waals surface area contributed by atoms with Crippen molar-refractivity contribution in [3.63, 3.8) is 0 Å². The van der Waals surface area contributed by atoms with Crippen molar-refractivity contribution in [3.8, 4) is 0 Å². The maximum absolute atomic E-state index is 5.87. The highest BCUT2D eigenvalue weighted by Crippen LogP contribution is 2.24. The molecule has 0 bridgehead atoms. The van der Waals surface area contributed by atoms with Gasteiger partial charge in [0.15, 0.2) is 0 Å². The van der Waals surface area contributed by atoms with Gasteiger partial charge >= 0.3 is 0 Å². The maximum Gasteiger partial charge on any atom is 0.134 e. The van der Waals surface area contributed by atoms with E-state index in [1.165, 1.54) is 0 Å². The predicted molar refractivity (Wildman–Crippen MR) is 54.0 cm³/mol. The quantitative estimate of drug-likeness (QED) is 0.800. The van der Waals surface area contributed by atoms with Crippen LogP contribution < -0.4 is 5.73 Å². The molecule has 2 N–H and O–H groups in total. The van der Waals surface area contributed by atoms with E-state index >= 15 is 0 Å². The Morgan fingerprint density at radius 2 is 2.23 bits per heavy atom. The zero-order chi connectivity index (χ0) is 9.26. The monoisotopic (exact) mass is 195 g/mol. The Kier molecular flexibility index (Phi) is 2.25. The Balaban J connectivity index is 2.58. The molecule has 1 aromatic heterocycles. The van der Waals surface area contributed by atoms with Crippen LogP contribution in [0.3, 0.4) is 0 Å². The maximum atomic E-state index is 5.87. The highest BCUT2D eigenvalue weighted by molar-refractivity contribution is 6.31. The van der Waals surface area contributed by atoms with Crippen molar-refractivity contribution in [2.75, 3.05) is 6.54 Å². The van der Waals surface area contributed by atoms with E-state index in [0.717, 1.165) is 28.0 Å². The SMILES string of the molecule is NCCc1coc2ccc(Cl)cc12. The van der Waals surface area contributed by atoms with Gasteiger partial charge in [-0.1, -0.05) is 11.6 Å². The molecule has 1 heterocycles. The third kappa shape index (κ3) is 1.55. The third-order valence-electron chi connectivity index (χ3n) is 2.03. The van der Waals surface area contributed by atoms with Gasteiger partial charge in [-0.25, -0.2) is 0 Å². The lowest BCUT2D eigenvalue weighted by Crippen LogP contribution is -2.01. The van der Waals surface area contributed by atoms with Crippen molar-refractivity contribution in [3.05, 3.63) is 35.0 Å². The van der Waals surface area contributed by atoms with Gasteiger partial charge in [0.2, 0.25) is 0 Å². The molecule has 13 heavy (non-hydrogen) atoms. The Morgan fingerprint density at radius 1 is 1.38 bits per heavy atom. The fourth-order valence-electron chi connectivity index (χ4n) is 1.40. The van der Waals surface area contributed by atoms with E-state index in [-0.39, 0.29) is 0 Å². The molecule has 2 aromatic rings. The van der Waals surface area contributed by atoms with Crippen LogP contribution in [0.2, 0.25) is 5.02 Å². The lowest BCUT2D eigenvalue weighted by atomic mass is 10.1. The topological polar surface area (TPSA) is 39.2 Å². The van der Waals surface area contributed by atoms with Crippen LogP contribution in [0.25, 0.3) is 11.0 Å². The number of halogens is 1. The number of rotatable bonds is 2. The first-order chi connectivity index (χ1) is 6.31. The minimum absolute atomic E-state index is 0.626. The number of benzene rings is 1. The normalized spacial score (nSPS) is 10.9. The Labute approximate surface area is 81.3 Å². The number of furan rings is 1. The van der Waals surface area contributed by atoms with Crippen LogP contribution in [0.4, 0.5) is 0 Å². The molecule has 0 atom stereocenters. The van der Waals surface area contributed by atoms with E-state index in [2.05, 4.69) is 0 Å². The smallest absolute Gasteiger partial charge is 0.134 e. The molecule has 0 saturated heterocycles. The van der Waals surface area contributed by atoms with E-state index in [4.69, 9.17) is 21.8 Å². The van der Waals surface area contributed by atoms with Crippen LogP contribution in [0, 0.1) is 0 Å². The van der Waals surface area contributed by atoms with Crippen LogP contribution in [0.1, 0.15) is 5.56 Å². The van der Waals surface area contributed by atoms with Crippen LogP contribution in [-0.4, -0.2) is 6.54 Å². The number of fused-ring (bicyclic) bond motifs is 1. The van der Waals surface area contributed by atoms with Crippen molar-refractivity contribution in [1.29, 1.82) is 0 Å². The van der Waals surface area contributed by atoms with Gasteiger partial charge in [0.1, 0.15) is 5.58 Å². The summed E-state index contributed by atoms with van der Waals surface area (Å²) in [4.78, 5) is 0. The first-order valence-electron chi connectivity index (χ1n) is 4.17. The summed E-state index contributed by atoms with van der Waals surface area (Å²) in [6, 6.07) is 5.60. The molecule has 0 aliphatic heterocycles. The molecule has 0 aliphatic carbocycles. The van der Waals surface area contributed by atoms with Gasteiger partial charge in [-0.05, 0) is 36.7 Å². The van der Waals surface area contributed by atoms with Crippen LogP contribution in [0.15, 0.2) is 28.9 Å². The van der Waals surface area contributed by atoms with E-state index < -0.39 is 0 Å². The Hall–Kier alpha value is -0.990. The zero-order valence-corrected chi connectivity index (χ0v) is 7.84. The molecule has 0 saturated carbocycles. The van der Waals surface area contributed by atoms with Gasteiger partial charge in [-0.15, -0.1) is 0 Å². The van der Waals surface area contributed by atoms with Crippen molar-refractivity contribution >= 4 is 22.6 Å². The average Bonchev–Trinajstić information content (AvgIpc) is 2.49. The number of hydrogen-bond donors (Lipinski definition) is 1. The molecule has 1 aromatic carbocycles. The molecule has 0 amide bonds. The average molecular weight is 196 g/mol. The van der Waals surface area contributed by atoms with Crippen molar-refractivity contribution in [2.45, 2.75) is 6.42 Å². The van der Waals surface area contributed by atoms with Crippen LogP contribution >= 0.6 is 11.6 Å². The summed E-state index contributed by atoms with van der Waals surface area (Å²) in [6.45, 7) is 0.626. The van der Waals surface area contributed by atoms with E-state index in [1.54, 1.807) is 6.26 Å². The van der Waals surface area contributed by atoms with E-state index in [9.17, 15) is 0 Å². The van der Waals surface area contributed by atoms with Gasteiger partial charge in [-0.2, -0.15) is 0 Å². The molecule has 0 unspecified atom stereocenters. The summed E-state index contributed by atoms with van der Waals surface area (Å²) in [5.41, 5.74) is 7.47. The second-order valence-corrected chi connectivity index (χ2v) is 3.38. The zero-order valence-electron chi connectivity index (χ0n) is 7.09. The van der Waals surface area contributed by atoms with Gasteiger partial charge in [-0.3, -0.25) is 0 Å². The summed E-state index contributed by atoms with van der Waals surface area (Å²) in [5, 5.41) is 1.80. The second-order valence-electron chi connectivity index (χ2n) is 2.94. The summed E-state index contributed by atoms with van der Waals surface area (Å²) in [7, 11) is 0. The third-order valence-corrected chi connectivity index (χ3v) is 2.26. The minimum atomic E-state index is 0.626. The van der Waals surface area contributed by atoms with Gasteiger partial charge in [0.25, 0.3) is 0 Å². The van der Waals surface area contributed by atoms with E-state index in [0.29, 0.717) is 6.54 Å². The fraction of sp³-hybridized carbons (Fsp3) is 0.200. The largest absolute Gasteiger partial charge is 0.464 e. The van der Waals surface area contributed by atoms with Crippen molar-refractivity contribution in [2.24, 2.45) is 5.73 Å². The van der Waals surface area contributed by atoms with Crippen molar-refractivity contribution < 1.29 is 4.42 Å². The molecule has 68 valence electrons. The van der Waals surface area contributed by atoms with Crippen LogP contribution in [0.5, 0.6) is 0 Å². The minimum Gasteiger partial charge on any atom is -0.464 e. The predicted octanol–water partition coefficient (Wildman–Crippen LogP) is 2.59. The molecule has 2 rings (SSSR count). The summed E-state index contributed by atoms with van der Waals surface area (Å²) in [5.74, 6) is 0. The molecule has 2 nitrogen and oxygen atoms in total. The first kappa shape index (κ1) is 8.60. The van der Waals surface area contributed by atoms with Crippen LogP contribution in [-0.2, 0) is 6.42 Å². The van der Waals surface area contributed by atoms with E-state index in [1.807, 2.05) is 18.2 Å². The lowest BCUT2D eigenvalue weighted by molar-refractivity contribution is 0.610. The molecule has 0 spiro atoms. The molecule has 0 fully saturated rings. The highest BCUT2D eigenvalue weighted by atomic mass is 35.5. The number of nitrogens with two attached hydrogens (primary N) is 1. The fourth-order valence-corrected chi connectivity index (χ4v) is 1.58. The Morgan fingerprint density at radius 3 is 3.00 bits per heavy atom. The molecule has 0 aliphatic rings. The second kappa shape index (κ2) is 3.40. The standard InChI is InChI=1S/C10H10ClNO/c11-8-1-2-10-9(5-8)7(3-4-12)6-13-10/h1-2,5-6H,3-4,12H2. The first-order valence-corrected chi connectivity index (χ1v) is 4.55. The highest BCUT2D eigenvalue weighted by Gasteiger charge is 2.04. The molecular formula is C10H10ClNO. The van der Waals surface area contributed by atoms with Crippen molar-refractivity contribution in [1.82, 2.24) is 0 Å². The summed E-state index contributed by atoms with van der Waals surface area (Å²) >= 11 is 5.87. The summed E-state index contributed by atoms with van der Waals surface area (Å²) < 4.78 is 5.34. The summed E-state index contributed by atoms with van der Waals surface area (Å²) in [6.07, 6.45) is 2.57. The lowest BCUT2D eigenvalue weighted by Gasteiger charge is -1.94. The molecular weight excluding hydrogens is 186 g/mol. The van der Waals surface area contributed by atoms with Gasteiger partial charge in [0, 0.05) is 10.4 Å². The number of hydrogen-bond acceptors (Lipinski definition) is 2. The Bertz CT molecular complexity index is 422. The van der Waals surface area contributed by atoms with Gasteiger partial charge in [0.05, 0.1) is 6.26 Å². The molecule has 0 radical (unpaired) electrons. The molecule has 3 heteroatoms. The van der Waals surface area contributed by atoms with Gasteiger partial charge < -0.3 is 10.2 Å².